The second kappa shape index (κ2) is 10.7. The fourth-order valence-corrected chi connectivity index (χ4v) is 0.354. The predicted molar refractivity (Wildman–Crippen MR) is 45.7 cm³/mol. The van der Waals surface area contributed by atoms with Crippen LogP contribution in [0.5, 0.6) is 0 Å². The van der Waals surface area contributed by atoms with E-state index in [0.29, 0.717) is 0 Å². The highest BCUT2D eigenvalue weighted by molar-refractivity contribution is 4.78. The minimum absolute atomic E-state index is 1.17. The molecule has 0 aromatic carbocycles. The summed E-state index contributed by atoms with van der Waals surface area (Å²) in [5.74, 6) is 0. The summed E-state index contributed by atoms with van der Waals surface area (Å²) in [7, 11) is 0. The van der Waals surface area contributed by atoms with Crippen LogP contribution < -0.4 is 0 Å². The van der Waals surface area contributed by atoms with Gasteiger partial charge < -0.3 is 0 Å². The maximum absolute atomic E-state index is 3.56. The van der Waals surface area contributed by atoms with E-state index in [1.165, 1.54) is 24.8 Å². The van der Waals surface area contributed by atoms with Crippen molar-refractivity contribution in [3.63, 3.8) is 0 Å². The first-order chi connectivity index (χ1) is 4.15. The minimum atomic E-state index is 1.17. The minimum Gasteiger partial charge on any atom is -0.100 e. The van der Waals surface area contributed by atoms with Gasteiger partial charge in [0.2, 0.25) is 0 Å². The van der Waals surface area contributed by atoms with Gasteiger partial charge in [-0.2, -0.15) is 0 Å². The van der Waals surface area contributed by atoms with Gasteiger partial charge in [0.15, 0.2) is 0 Å². The molecule has 0 heteroatoms. The second-order valence-corrected chi connectivity index (χ2v) is 2.56. The molecule has 9 heavy (non-hydrogen) atoms. The molecule has 0 nitrogen and oxygen atoms in total. The largest absolute Gasteiger partial charge is 0.100 e. The monoisotopic (exact) mass is 128 g/mol. The van der Waals surface area contributed by atoms with Crippen molar-refractivity contribution < 1.29 is 0 Å². The molecule has 0 saturated heterocycles. The molecule has 0 radical (unpaired) electrons. The zero-order valence-electron chi connectivity index (χ0n) is 7.33. The predicted octanol–water partition coefficient (Wildman–Crippen LogP) is 3.78. The summed E-state index contributed by atoms with van der Waals surface area (Å²) in [4.78, 5) is 0. The highest BCUT2D eigenvalue weighted by atomic mass is 13.7. The summed E-state index contributed by atoms with van der Waals surface area (Å²) in [5, 5.41) is 0. The lowest BCUT2D eigenvalue weighted by Crippen LogP contribution is -1.59. The first kappa shape index (κ1) is 11.5. The van der Waals surface area contributed by atoms with Crippen LogP contribution in [0.3, 0.4) is 0 Å². The topological polar surface area (TPSA) is 0 Å². The average molecular weight is 128 g/mol. The normalized spacial score (nSPS) is 7.56. The molecule has 0 spiro atoms. The van der Waals surface area contributed by atoms with Crippen LogP contribution in [0.15, 0.2) is 12.2 Å². The van der Waals surface area contributed by atoms with Crippen LogP contribution in [0.4, 0.5) is 0 Å². The van der Waals surface area contributed by atoms with Crippen molar-refractivity contribution in [2.24, 2.45) is 0 Å². The van der Waals surface area contributed by atoms with Crippen molar-refractivity contribution in [3.05, 3.63) is 12.2 Å². The van der Waals surface area contributed by atoms with E-state index in [1.54, 1.807) is 0 Å². The number of allylic oxidation sites excluding steroid dienone is 1. The number of hydrogen-bond donors (Lipinski definition) is 0. The quantitative estimate of drug-likeness (QED) is 0.496. The van der Waals surface area contributed by atoms with Gasteiger partial charge in [-0.1, -0.05) is 38.7 Å². The summed E-state index contributed by atoms with van der Waals surface area (Å²) >= 11 is 0. The van der Waals surface area contributed by atoms with Gasteiger partial charge in [-0.05, 0) is 13.8 Å². The van der Waals surface area contributed by atoms with Gasteiger partial charge in [-0.15, -0.1) is 6.58 Å². The molecule has 0 bridgehead atoms. The Hall–Kier alpha value is -0.260. The maximum atomic E-state index is 3.56. The van der Waals surface area contributed by atoms with E-state index in [0.717, 1.165) is 0 Å². The molecule has 0 heterocycles. The maximum Gasteiger partial charge on any atom is -0.0445 e. The number of hydrogen-bond acceptors (Lipinski definition) is 0. The molecule has 56 valence electrons. The fraction of sp³-hybridized carbons (Fsp3) is 0.778. The Balaban J connectivity index is 0. The molecule has 0 rings (SSSR count). The van der Waals surface area contributed by atoms with Crippen molar-refractivity contribution in [1.29, 1.82) is 0 Å². The van der Waals surface area contributed by atoms with Crippen LogP contribution in [0.25, 0.3) is 0 Å². The summed E-state index contributed by atoms with van der Waals surface area (Å²) in [6, 6.07) is 0. The van der Waals surface area contributed by atoms with E-state index in [2.05, 4.69) is 20.4 Å². The Bertz CT molecular complexity index is 47.1. The average Bonchev–Trinajstić information content (AvgIpc) is 1.66. The summed E-state index contributed by atoms with van der Waals surface area (Å²) in [6.45, 7) is 11.9. The third-order valence-electron chi connectivity index (χ3n) is 0.707. The molecule has 0 atom stereocenters. The molecule has 0 aliphatic rings. The van der Waals surface area contributed by atoms with Gasteiger partial charge in [0, 0.05) is 0 Å². The van der Waals surface area contributed by atoms with Crippen molar-refractivity contribution in [2.75, 3.05) is 0 Å². The molecular formula is C9H20. The van der Waals surface area contributed by atoms with Crippen LogP contribution in [-0.4, -0.2) is 0 Å². The zero-order valence-corrected chi connectivity index (χ0v) is 7.33. The van der Waals surface area contributed by atoms with Crippen LogP contribution in [0.2, 0.25) is 0 Å². The molecule has 0 aliphatic heterocycles. The molecular weight excluding hydrogens is 108 g/mol. The third kappa shape index (κ3) is 84.2. The SMILES string of the molecule is C=C(C)C.CCCCC. The van der Waals surface area contributed by atoms with Gasteiger partial charge in [-0.3, -0.25) is 0 Å². The van der Waals surface area contributed by atoms with Crippen LogP contribution in [0, 0.1) is 0 Å². The molecule has 0 aromatic heterocycles. The lowest BCUT2D eigenvalue weighted by Gasteiger charge is -1.79. The van der Waals surface area contributed by atoms with Crippen molar-refractivity contribution in [2.45, 2.75) is 47.0 Å². The van der Waals surface area contributed by atoms with Gasteiger partial charge in [0.05, 0.1) is 0 Å². The highest BCUT2D eigenvalue weighted by Gasteiger charge is 1.68. The summed E-state index contributed by atoms with van der Waals surface area (Å²) in [5.41, 5.74) is 1.17. The van der Waals surface area contributed by atoms with E-state index in [4.69, 9.17) is 0 Å². The van der Waals surface area contributed by atoms with Gasteiger partial charge in [0.1, 0.15) is 0 Å². The molecule has 0 saturated carbocycles. The van der Waals surface area contributed by atoms with Gasteiger partial charge in [-0.25, -0.2) is 0 Å². The van der Waals surface area contributed by atoms with E-state index in [-0.39, 0.29) is 0 Å². The Labute approximate surface area is 60.0 Å². The smallest absolute Gasteiger partial charge is 0.0445 e. The van der Waals surface area contributed by atoms with E-state index >= 15 is 0 Å². The van der Waals surface area contributed by atoms with Gasteiger partial charge >= 0.3 is 0 Å². The molecule has 0 N–H and O–H groups in total. The lowest BCUT2D eigenvalue weighted by atomic mass is 10.3. The highest BCUT2D eigenvalue weighted by Crippen LogP contribution is 1.88. The van der Waals surface area contributed by atoms with Crippen molar-refractivity contribution in [3.8, 4) is 0 Å². The first-order valence-corrected chi connectivity index (χ1v) is 3.77. The Kier molecular flexibility index (Phi) is 13.7. The Morgan fingerprint density at radius 1 is 1.11 bits per heavy atom. The Morgan fingerprint density at radius 3 is 1.33 bits per heavy atom. The Morgan fingerprint density at radius 2 is 1.33 bits per heavy atom. The number of unbranched alkanes of at least 4 members (excludes halogenated alkanes) is 2. The summed E-state index contributed by atoms with van der Waals surface area (Å²) < 4.78 is 0. The van der Waals surface area contributed by atoms with E-state index in [1.807, 2.05) is 13.8 Å². The molecule has 0 amide bonds. The van der Waals surface area contributed by atoms with Crippen molar-refractivity contribution in [1.82, 2.24) is 0 Å². The van der Waals surface area contributed by atoms with Crippen LogP contribution in [-0.2, 0) is 0 Å². The molecule has 0 unspecified atom stereocenters. The third-order valence-corrected chi connectivity index (χ3v) is 0.707. The molecule has 0 aromatic rings. The van der Waals surface area contributed by atoms with Crippen molar-refractivity contribution >= 4 is 0 Å². The fourth-order valence-electron chi connectivity index (χ4n) is 0.354. The van der Waals surface area contributed by atoms with Crippen LogP contribution >= 0.6 is 0 Å². The summed E-state index contributed by atoms with van der Waals surface area (Å²) in [6.07, 6.45) is 4.08. The second-order valence-electron chi connectivity index (χ2n) is 2.56. The van der Waals surface area contributed by atoms with E-state index in [9.17, 15) is 0 Å². The lowest BCUT2D eigenvalue weighted by molar-refractivity contribution is 0.772. The van der Waals surface area contributed by atoms with Gasteiger partial charge in [0.25, 0.3) is 0 Å². The first-order valence-electron chi connectivity index (χ1n) is 3.77. The standard InChI is InChI=1S/C5H12.C4H8/c1-3-5-4-2;1-4(2)3/h3-5H2,1-2H3;1H2,2-3H3. The van der Waals surface area contributed by atoms with Crippen LogP contribution in [0.1, 0.15) is 47.0 Å². The molecule has 0 fully saturated rings. The molecule has 0 aliphatic carbocycles. The number of rotatable bonds is 2. The zero-order chi connectivity index (χ0) is 7.70. The van der Waals surface area contributed by atoms with E-state index < -0.39 is 0 Å².